The summed E-state index contributed by atoms with van der Waals surface area (Å²) < 4.78 is 5.90. The largest absolute Gasteiger partial charge is 0.468 e. The lowest BCUT2D eigenvalue weighted by Gasteiger charge is -2.04. The van der Waals surface area contributed by atoms with Crippen molar-refractivity contribution in [1.29, 1.82) is 0 Å². The molecule has 0 bridgehead atoms. The maximum absolute atomic E-state index is 11.5. The van der Waals surface area contributed by atoms with E-state index in [1.54, 1.807) is 12.3 Å². The summed E-state index contributed by atoms with van der Waals surface area (Å²) in [6, 6.07) is 1.61. The Kier molecular flexibility index (Phi) is 5.31. The summed E-state index contributed by atoms with van der Waals surface area (Å²) in [6.45, 7) is 1.87. The zero-order valence-electron chi connectivity index (χ0n) is 10.5. The number of hydrogen-bond acceptors (Lipinski definition) is 5. The molecule has 0 spiro atoms. The van der Waals surface area contributed by atoms with Gasteiger partial charge in [0.25, 0.3) is 0 Å². The molecule has 1 heterocycles. The molecule has 1 aromatic heterocycles. The van der Waals surface area contributed by atoms with Gasteiger partial charge in [-0.05, 0) is 13.3 Å². The van der Waals surface area contributed by atoms with Crippen LogP contribution in [0.5, 0.6) is 0 Å². The minimum Gasteiger partial charge on any atom is -0.468 e. The van der Waals surface area contributed by atoms with E-state index >= 15 is 0 Å². The Morgan fingerprint density at radius 3 is 2.94 bits per heavy atom. The zero-order chi connectivity index (χ0) is 13.5. The highest BCUT2D eigenvalue weighted by atomic mass is 16.5. The van der Waals surface area contributed by atoms with Crippen molar-refractivity contribution in [1.82, 2.24) is 9.78 Å². The molecule has 1 rings (SSSR count). The van der Waals surface area contributed by atoms with Crippen LogP contribution in [-0.2, 0) is 20.9 Å². The summed E-state index contributed by atoms with van der Waals surface area (Å²) in [5, 5.41) is 6.65. The summed E-state index contributed by atoms with van der Waals surface area (Å²) in [6.07, 6.45) is 2.56. The molecule has 100 valence electrons. The zero-order valence-corrected chi connectivity index (χ0v) is 10.5. The third kappa shape index (κ3) is 4.96. The lowest BCUT2D eigenvalue weighted by molar-refractivity contribution is -0.141. The maximum Gasteiger partial charge on any atom is 0.327 e. The van der Waals surface area contributed by atoms with Gasteiger partial charge in [-0.15, -0.1) is 0 Å². The van der Waals surface area contributed by atoms with Crippen molar-refractivity contribution in [3.8, 4) is 0 Å². The highest BCUT2D eigenvalue weighted by molar-refractivity contribution is 5.89. The maximum atomic E-state index is 11.5. The first-order valence-electron chi connectivity index (χ1n) is 5.67. The smallest absolute Gasteiger partial charge is 0.327 e. The number of hydrogen-bond donors (Lipinski definition) is 2. The Balaban J connectivity index is 2.43. The van der Waals surface area contributed by atoms with Crippen molar-refractivity contribution in [2.75, 3.05) is 12.4 Å². The minimum atomic E-state index is -0.395. The van der Waals surface area contributed by atoms with Crippen molar-refractivity contribution in [3.63, 3.8) is 0 Å². The molecule has 0 aliphatic heterocycles. The van der Waals surface area contributed by atoms with Crippen LogP contribution in [0.1, 0.15) is 19.8 Å². The molecule has 1 unspecified atom stereocenters. The van der Waals surface area contributed by atoms with E-state index in [1.165, 1.54) is 11.8 Å². The third-order valence-corrected chi connectivity index (χ3v) is 2.25. The standard InChI is InChI=1S/C11H18N4O3/c1-8(12)3-4-10(16)13-9-5-6-15(14-9)7-11(17)18-2/h5-6,8H,3-4,7,12H2,1-2H3,(H,13,14,16). The average molecular weight is 254 g/mol. The highest BCUT2D eigenvalue weighted by Crippen LogP contribution is 2.04. The molecular formula is C11H18N4O3. The molecule has 1 atom stereocenters. The van der Waals surface area contributed by atoms with Crippen LogP contribution in [0.2, 0.25) is 0 Å². The molecule has 0 aliphatic carbocycles. The fourth-order valence-electron chi connectivity index (χ4n) is 1.28. The number of nitrogens with two attached hydrogens (primary N) is 1. The summed E-state index contributed by atoms with van der Waals surface area (Å²) >= 11 is 0. The van der Waals surface area contributed by atoms with E-state index < -0.39 is 5.97 Å². The van der Waals surface area contributed by atoms with Gasteiger partial charge in [0.05, 0.1) is 7.11 Å². The lowest BCUT2D eigenvalue weighted by atomic mass is 10.2. The molecule has 1 aromatic rings. The molecule has 0 radical (unpaired) electrons. The molecule has 7 heteroatoms. The number of amides is 1. The predicted octanol–water partition coefficient (Wildman–Crippen LogP) is 0.122. The van der Waals surface area contributed by atoms with Gasteiger partial charge >= 0.3 is 5.97 Å². The SMILES string of the molecule is COC(=O)Cn1ccc(NC(=O)CCC(C)N)n1. The van der Waals surface area contributed by atoms with Crippen LogP contribution in [0.4, 0.5) is 5.82 Å². The Hall–Kier alpha value is -1.89. The first-order valence-corrected chi connectivity index (χ1v) is 5.67. The fourth-order valence-corrected chi connectivity index (χ4v) is 1.28. The molecule has 3 N–H and O–H groups in total. The molecule has 0 saturated heterocycles. The lowest BCUT2D eigenvalue weighted by Crippen LogP contribution is -2.19. The molecule has 0 saturated carbocycles. The monoisotopic (exact) mass is 254 g/mol. The third-order valence-electron chi connectivity index (χ3n) is 2.25. The Bertz CT molecular complexity index is 414. The molecule has 18 heavy (non-hydrogen) atoms. The highest BCUT2D eigenvalue weighted by Gasteiger charge is 2.08. The Morgan fingerprint density at radius 1 is 1.61 bits per heavy atom. The van der Waals surface area contributed by atoms with Crippen molar-refractivity contribution >= 4 is 17.7 Å². The summed E-state index contributed by atoms with van der Waals surface area (Å²) in [5.74, 6) is -0.128. The molecular weight excluding hydrogens is 236 g/mol. The quantitative estimate of drug-likeness (QED) is 0.702. The summed E-state index contributed by atoms with van der Waals surface area (Å²) in [7, 11) is 1.31. The normalized spacial score (nSPS) is 11.9. The van der Waals surface area contributed by atoms with Crippen LogP contribution in [0, 0.1) is 0 Å². The van der Waals surface area contributed by atoms with E-state index in [2.05, 4.69) is 15.2 Å². The topological polar surface area (TPSA) is 99.2 Å². The number of esters is 1. The number of nitrogens with zero attached hydrogens (tertiary/aromatic N) is 2. The van der Waals surface area contributed by atoms with Crippen LogP contribution in [0.15, 0.2) is 12.3 Å². The van der Waals surface area contributed by atoms with E-state index in [0.29, 0.717) is 18.7 Å². The number of carbonyl (C=O) groups is 2. The van der Waals surface area contributed by atoms with Gasteiger partial charge in [-0.2, -0.15) is 5.10 Å². The number of anilines is 1. The second-order valence-corrected chi connectivity index (χ2v) is 4.04. The van der Waals surface area contributed by atoms with Gasteiger partial charge in [-0.25, -0.2) is 0 Å². The minimum absolute atomic E-state index is 0.00682. The molecule has 0 aliphatic rings. The van der Waals surface area contributed by atoms with Crippen molar-refractivity contribution in [2.24, 2.45) is 5.73 Å². The van der Waals surface area contributed by atoms with Crippen molar-refractivity contribution in [3.05, 3.63) is 12.3 Å². The Labute approximate surface area is 105 Å². The van der Waals surface area contributed by atoms with Crippen molar-refractivity contribution < 1.29 is 14.3 Å². The van der Waals surface area contributed by atoms with Gasteiger partial charge in [-0.1, -0.05) is 0 Å². The number of ether oxygens (including phenoxy) is 1. The first kappa shape index (κ1) is 14.2. The molecule has 0 aromatic carbocycles. The summed E-state index contributed by atoms with van der Waals surface area (Å²) in [4.78, 5) is 22.5. The Morgan fingerprint density at radius 2 is 2.33 bits per heavy atom. The van der Waals surface area contributed by atoms with Gasteiger partial charge < -0.3 is 15.8 Å². The van der Waals surface area contributed by atoms with Gasteiger partial charge in [0.2, 0.25) is 5.91 Å². The van der Waals surface area contributed by atoms with Crippen LogP contribution in [0.3, 0.4) is 0 Å². The number of carbonyl (C=O) groups excluding carboxylic acids is 2. The van der Waals surface area contributed by atoms with E-state index in [1.807, 2.05) is 6.92 Å². The molecule has 7 nitrogen and oxygen atoms in total. The number of aromatic nitrogens is 2. The second-order valence-electron chi connectivity index (χ2n) is 4.04. The number of rotatable bonds is 6. The van der Waals surface area contributed by atoms with Crippen LogP contribution < -0.4 is 11.1 Å². The summed E-state index contributed by atoms with van der Waals surface area (Å²) in [5.41, 5.74) is 5.56. The van der Waals surface area contributed by atoms with Gasteiger partial charge in [0, 0.05) is 24.7 Å². The van der Waals surface area contributed by atoms with E-state index in [4.69, 9.17) is 5.73 Å². The van der Waals surface area contributed by atoms with Gasteiger partial charge in [-0.3, -0.25) is 14.3 Å². The fraction of sp³-hybridized carbons (Fsp3) is 0.545. The van der Waals surface area contributed by atoms with E-state index in [-0.39, 0.29) is 18.5 Å². The van der Waals surface area contributed by atoms with Gasteiger partial charge in [0.1, 0.15) is 6.54 Å². The number of nitrogens with one attached hydrogen (secondary N) is 1. The first-order chi connectivity index (χ1) is 8.51. The molecule has 0 fully saturated rings. The second kappa shape index (κ2) is 6.75. The average Bonchev–Trinajstić information content (AvgIpc) is 2.73. The van der Waals surface area contributed by atoms with Crippen LogP contribution in [-0.4, -0.2) is 34.8 Å². The van der Waals surface area contributed by atoms with E-state index in [0.717, 1.165) is 0 Å². The van der Waals surface area contributed by atoms with Crippen LogP contribution >= 0.6 is 0 Å². The predicted molar refractivity (Wildman–Crippen MR) is 65.8 cm³/mol. The van der Waals surface area contributed by atoms with E-state index in [9.17, 15) is 9.59 Å². The number of methoxy groups -OCH3 is 1. The van der Waals surface area contributed by atoms with Gasteiger partial charge in [0.15, 0.2) is 5.82 Å². The van der Waals surface area contributed by atoms with Crippen LogP contribution in [0.25, 0.3) is 0 Å². The van der Waals surface area contributed by atoms with Crippen molar-refractivity contribution in [2.45, 2.75) is 32.4 Å². The molecule has 1 amide bonds.